The van der Waals surface area contributed by atoms with E-state index in [1.165, 1.54) is 0 Å². The van der Waals surface area contributed by atoms with E-state index in [0.717, 1.165) is 10.2 Å². The summed E-state index contributed by atoms with van der Waals surface area (Å²) in [6.45, 7) is 0. The molecule has 0 nitrogen and oxygen atoms in total. The van der Waals surface area contributed by atoms with Gasteiger partial charge in [0.2, 0.25) is 0 Å². The van der Waals surface area contributed by atoms with Crippen LogP contribution in [0.25, 0.3) is 0 Å². The van der Waals surface area contributed by atoms with Crippen molar-refractivity contribution < 1.29 is 0 Å². The molecule has 0 aliphatic rings. The van der Waals surface area contributed by atoms with Gasteiger partial charge in [-0.2, -0.15) is 0 Å². The van der Waals surface area contributed by atoms with Crippen molar-refractivity contribution in [2.24, 2.45) is 0 Å². The van der Waals surface area contributed by atoms with E-state index in [-0.39, 0.29) is 4.84 Å². The van der Waals surface area contributed by atoms with Crippen LogP contribution in [0.5, 0.6) is 0 Å². The van der Waals surface area contributed by atoms with Crippen LogP contribution in [-0.2, 0) is 0 Å². The quantitative estimate of drug-likeness (QED) is 0.372. The monoisotopic (exact) mass is 140 g/mol. The smallest absolute Gasteiger partial charge is 0.107 e. The largest absolute Gasteiger partial charge is 0.125 e. The first-order chi connectivity index (χ1) is 2.77. The highest BCUT2D eigenvalue weighted by Gasteiger charge is 1.82. The van der Waals surface area contributed by atoms with Gasteiger partial charge in [0.25, 0.3) is 0 Å². The third-order valence-electron chi connectivity index (χ3n) is 0.338. The Morgan fingerprint density at radius 3 is 2.00 bits per heavy atom. The van der Waals surface area contributed by atoms with E-state index >= 15 is 0 Å². The molecule has 0 heterocycles. The van der Waals surface area contributed by atoms with Crippen LogP contribution in [0.1, 0.15) is 0 Å². The fraction of sp³-hybridized carbons (Fsp3) is 0.333. The molecule has 36 valence electrons. The molecule has 3 heteroatoms. The molecule has 0 unspecified atom stereocenters. The van der Waals surface area contributed by atoms with E-state index in [0.29, 0.717) is 0 Å². The second kappa shape index (κ2) is 3.72. The maximum absolute atomic E-state index is 5.28. The van der Waals surface area contributed by atoms with Gasteiger partial charge in [-0.3, -0.25) is 0 Å². The minimum absolute atomic E-state index is 0.303. The minimum Gasteiger partial charge on any atom is -0.107 e. The molecule has 0 saturated heterocycles. The summed E-state index contributed by atoms with van der Waals surface area (Å²) in [7, 11) is 1.04. The standard InChI is InChI=1S/C3H6Cl2Si/c4-3(5)1-2-6/h1-3H,6H3/b2-1+. The third kappa shape index (κ3) is 4.54. The first-order valence-corrected chi connectivity index (χ1v) is 3.71. The number of allylic oxidation sites excluding steroid dienone is 1. The van der Waals surface area contributed by atoms with Gasteiger partial charge in [-0.05, 0) is 0 Å². The number of hydrogen-bond acceptors (Lipinski definition) is 0. The molecule has 0 rings (SSSR count). The minimum atomic E-state index is -0.303. The van der Waals surface area contributed by atoms with Gasteiger partial charge in [0.1, 0.15) is 4.84 Å². The molecule has 0 aliphatic heterocycles. The van der Waals surface area contributed by atoms with Crippen LogP contribution >= 0.6 is 23.2 Å². The van der Waals surface area contributed by atoms with Crippen molar-refractivity contribution in [3.63, 3.8) is 0 Å². The van der Waals surface area contributed by atoms with Crippen molar-refractivity contribution in [3.8, 4) is 0 Å². The summed E-state index contributed by atoms with van der Waals surface area (Å²) in [4.78, 5) is -0.303. The van der Waals surface area contributed by atoms with Gasteiger partial charge in [0.05, 0.1) is 0 Å². The average molecular weight is 141 g/mol. The lowest BCUT2D eigenvalue weighted by Gasteiger charge is -1.81. The van der Waals surface area contributed by atoms with Crippen molar-refractivity contribution in [1.82, 2.24) is 0 Å². The fourth-order valence-corrected chi connectivity index (χ4v) is 1.31. The summed E-state index contributed by atoms with van der Waals surface area (Å²) in [6.07, 6.45) is 1.76. The van der Waals surface area contributed by atoms with Gasteiger partial charge in [-0.15, -0.1) is 28.9 Å². The van der Waals surface area contributed by atoms with E-state index in [2.05, 4.69) is 0 Å². The molecule has 0 aromatic carbocycles. The maximum atomic E-state index is 5.28. The lowest BCUT2D eigenvalue weighted by atomic mass is 10.7. The van der Waals surface area contributed by atoms with Crippen LogP contribution in [0.3, 0.4) is 0 Å². The average Bonchev–Trinajstić information content (AvgIpc) is 1.35. The highest BCUT2D eigenvalue weighted by Crippen LogP contribution is 2.00. The molecule has 0 amide bonds. The van der Waals surface area contributed by atoms with Gasteiger partial charge in [0.15, 0.2) is 0 Å². The Kier molecular flexibility index (Phi) is 4.05. The predicted molar refractivity (Wildman–Crippen MR) is 34.6 cm³/mol. The molecule has 0 N–H and O–H groups in total. The van der Waals surface area contributed by atoms with E-state index in [9.17, 15) is 0 Å². The first-order valence-electron chi connectivity index (χ1n) is 1.68. The molecule has 0 aliphatic carbocycles. The van der Waals surface area contributed by atoms with Gasteiger partial charge in [-0.25, -0.2) is 0 Å². The van der Waals surface area contributed by atoms with Gasteiger partial charge < -0.3 is 0 Å². The molecular formula is C3H6Cl2Si. The summed E-state index contributed by atoms with van der Waals surface area (Å²) in [6, 6.07) is 0. The normalized spacial score (nSPS) is 11.8. The van der Waals surface area contributed by atoms with E-state index in [1.807, 2.05) is 5.70 Å². The van der Waals surface area contributed by atoms with Crippen LogP contribution in [0, 0.1) is 0 Å². The van der Waals surface area contributed by atoms with Crippen LogP contribution in [0.15, 0.2) is 11.8 Å². The Balaban J connectivity index is 3.03. The third-order valence-corrected chi connectivity index (χ3v) is 1.01. The molecular weight excluding hydrogens is 135 g/mol. The molecule has 0 spiro atoms. The zero-order valence-electron chi connectivity index (χ0n) is 3.49. The number of hydrogen-bond donors (Lipinski definition) is 0. The van der Waals surface area contributed by atoms with Crippen LogP contribution < -0.4 is 0 Å². The molecule has 0 aromatic heterocycles. The number of halogens is 2. The molecule has 0 fully saturated rings. The predicted octanol–water partition coefficient (Wildman–Crippen LogP) is 0.669. The van der Waals surface area contributed by atoms with Crippen molar-refractivity contribution in [3.05, 3.63) is 11.8 Å². The Bertz CT molecular complexity index is 50.8. The zero-order chi connectivity index (χ0) is 4.99. The van der Waals surface area contributed by atoms with Crippen LogP contribution in [0.2, 0.25) is 0 Å². The topological polar surface area (TPSA) is 0 Å². The molecule has 6 heavy (non-hydrogen) atoms. The van der Waals surface area contributed by atoms with E-state index in [4.69, 9.17) is 23.2 Å². The van der Waals surface area contributed by atoms with Crippen molar-refractivity contribution >= 4 is 33.4 Å². The Morgan fingerprint density at radius 2 is 2.00 bits per heavy atom. The number of rotatable bonds is 1. The summed E-state index contributed by atoms with van der Waals surface area (Å²) < 4.78 is 0. The van der Waals surface area contributed by atoms with E-state index < -0.39 is 0 Å². The van der Waals surface area contributed by atoms with Crippen LogP contribution in [-0.4, -0.2) is 15.1 Å². The first kappa shape index (κ1) is 6.54. The Morgan fingerprint density at radius 1 is 1.50 bits per heavy atom. The lowest BCUT2D eigenvalue weighted by Crippen LogP contribution is -1.73. The van der Waals surface area contributed by atoms with Crippen molar-refractivity contribution in [1.29, 1.82) is 0 Å². The summed E-state index contributed by atoms with van der Waals surface area (Å²) in [5.74, 6) is 0. The Labute approximate surface area is 50.6 Å². The summed E-state index contributed by atoms with van der Waals surface area (Å²) >= 11 is 10.6. The SMILES string of the molecule is [SiH3]/C=C/C(Cl)Cl. The second-order valence-electron chi connectivity index (χ2n) is 0.860. The highest BCUT2D eigenvalue weighted by atomic mass is 35.5. The summed E-state index contributed by atoms with van der Waals surface area (Å²) in [5, 5.41) is 0. The zero-order valence-corrected chi connectivity index (χ0v) is 7.00. The molecule has 0 atom stereocenters. The Hall–Kier alpha value is 0.537. The second-order valence-corrected chi connectivity index (χ2v) is 2.69. The van der Waals surface area contributed by atoms with E-state index in [1.54, 1.807) is 6.08 Å². The van der Waals surface area contributed by atoms with Gasteiger partial charge in [-0.1, -0.05) is 6.08 Å². The highest BCUT2D eigenvalue weighted by molar-refractivity contribution is 6.45. The van der Waals surface area contributed by atoms with Gasteiger partial charge >= 0.3 is 0 Å². The van der Waals surface area contributed by atoms with Gasteiger partial charge in [0, 0.05) is 10.2 Å². The van der Waals surface area contributed by atoms with Crippen molar-refractivity contribution in [2.75, 3.05) is 0 Å². The van der Waals surface area contributed by atoms with Crippen LogP contribution in [0.4, 0.5) is 0 Å². The molecule has 0 saturated carbocycles. The lowest BCUT2D eigenvalue weighted by molar-refractivity contribution is 1.63. The summed E-state index contributed by atoms with van der Waals surface area (Å²) in [5.41, 5.74) is 1.95. The number of alkyl halides is 2. The maximum Gasteiger partial charge on any atom is 0.125 e. The molecule has 0 radical (unpaired) electrons. The molecule has 0 bridgehead atoms. The molecule has 0 aromatic rings. The fourth-order valence-electron chi connectivity index (χ4n) is 0.145. The van der Waals surface area contributed by atoms with Crippen molar-refractivity contribution in [2.45, 2.75) is 4.84 Å².